The van der Waals surface area contributed by atoms with Gasteiger partial charge in [-0.3, -0.25) is 0 Å². The van der Waals surface area contributed by atoms with Crippen LogP contribution in [-0.4, -0.2) is 18.1 Å². The molecular formula is C14H13N3. The molecule has 0 radical (unpaired) electrons. The lowest BCUT2D eigenvalue weighted by Gasteiger charge is -2.17. The van der Waals surface area contributed by atoms with Crippen molar-refractivity contribution in [2.24, 2.45) is 0 Å². The molecule has 0 saturated carbocycles. The second-order valence-corrected chi connectivity index (χ2v) is 4.38. The summed E-state index contributed by atoms with van der Waals surface area (Å²) < 4.78 is 0. The Bertz CT molecular complexity index is 592. The van der Waals surface area contributed by atoms with E-state index in [-0.39, 0.29) is 0 Å². The van der Waals surface area contributed by atoms with Crippen molar-refractivity contribution in [3.63, 3.8) is 0 Å². The summed E-state index contributed by atoms with van der Waals surface area (Å²) in [5.41, 5.74) is 2.64. The summed E-state index contributed by atoms with van der Waals surface area (Å²) in [6, 6.07) is 12.1. The van der Waals surface area contributed by atoms with Gasteiger partial charge in [-0.25, -0.2) is 4.98 Å². The Morgan fingerprint density at radius 2 is 1.94 bits per heavy atom. The minimum absolute atomic E-state index is 0.478. The average Bonchev–Trinajstić information content (AvgIpc) is 2.91. The highest BCUT2D eigenvalue weighted by atomic mass is 15.1. The molecule has 0 aliphatic carbocycles. The quantitative estimate of drug-likeness (QED) is 0.746. The molecule has 1 fully saturated rings. The summed E-state index contributed by atoms with van der Waals surface area (Å²) >= 11 is 0. The number of anilines is 1. The maximum Gasteiger partial charge on any atom is 0.141 e. The third-order valence-corrected chi connectivity index (χ3v) is 3.26. The van der Waals surface area contributed by atoms with Gasteiger partial charge in [-0.15, -0.1) is 0 Å². The SMILES string of the molecule is N#Cc1ccc2cc(N3CCCC3)ccc2n1. The first-order valence-electron chi connectivity index (χ1n) is 5.93. The minimum atomic E-state index is 0.478. The van der Waals surface area contributed by atoms with Gasteiger partial charge in [0.15, 0.2) is 0 Å². The van der Waals surface area contributed by atoms with Crippen LogP contribution in [0.3, 0.4) is 0 Å². The van der Waals surface area contributed by atoms with E-state index in [0.29, 0.717) is 5.69 Å². The normalized spacial score (nSPS) is 15.1. The van der Waals surface area contributed by atoms with E-state index in [2.05, 4.69) is 28.1 Å². The second-order valence-electron chi connectivity index (χ2n) is 4.38. The summed E-state index contributed by atoms with van der Waals surface area (Å²) in [4.78, 5) is 6.68. The van der Waals surface area contributed by atoms with Crippen molar-refractivity contribution in [3.8, 4) is 6.07 Å². The van der Waals surface area contributed by atoms with Gasteiger partial charge in [0.25, 0.3) is 0 Å². The fourth-order valence-corrected chi connectivity index (χ4v) is 2.35. The molecule has 2 heterocycles. The number of rotatable bonds is 1. The number of hydrogen-bond acceptors (Lipinski definition) is 3. The first-order chi connectivity index (χ1) is 8.36. The Labute approximate surface area is 100 Å². The van der Waals surface area contributed by atoms with Crippen molar-refractivity contribution in [3.05, 3.63) is 36.0 Å². The van der Waals surface area contributed by atoms with Gasteiger partial charge >= 0.3 is 0 Å². The number of fused-ring (bicyclic) bond motifs is 1. The van der Waals surface area contributed by atoms with Crippen LogP contribution in [-0.2, 0) is 0 Å². The Morgan fingerprint density at radius 1 is 1.12 bits per heavy atom. The minimum Gasteiger partial charge on any atom is -0.372 e. The molecule has 17 heavy (non-hydrogen) atoms. The van der Waals surface area contributed by atoms with Crippen LogP contribution in [0.5, 0.6) is 0 Å². The van der Waals surface area contributed by atoms with Gasteiger partial charge in [-0.05, 0) is 43.2 Å². The van der Waals surface area contributed by atoms with Gasteiger partial charge in [-0.2, -0.15) is 5.26 Å². The zero-order valence-corrected chi connectivity index (χ0v) is 9.56. The molecule has 3 nitrogen and oxygen atoms in total. The summed E-state index contributed by atoms with van der Waals surface area (Å²) in [6.45, 7) is 2.30. The smallest absolute Gasteiger partial charge is 0.141 e. The first kappa shape index (κ1) is 10.1. The van der Waals surface area contributed by atoms with E-state index < -0.39 is 0 Å². The van der Waals surface area contributed by atoms with E-state index in [9.17, 15) is 0 Å². The maximum absolute atomic E-state index is 8.80. The molecular weight excluding hydrogens is 210 g/mol. The van der Waals surface area contributed by atoms with E-state index in [1.807, 2.05) is 12.1 Å². The van der Waals surface area contributed by atoms with Crippen molar-refractivity contribution in [1.82, 2.24) is 4.98 Å². The third-order valence-electron chi connectivity index (χ3n) is 3.26. The average molecular weight is 223 g/mol. The standard InChI is InChI=1S/C14H13N3/c15-10-12-4-3-11-9-13(5-6-14(11)16-12)17-7-1-2-8-17/h3-6,9H,1-2,7-8H2. The van der Waals surface area contributed by atoms with Crippen LogP contribution in [0.15, 0.2) is 30.3 Å². The molecule has 1 aromatic heterocycles. The largest absolute Gasteiger partial charge is 0.372 e. The van der Waals surface area contributed by atoms with Crippen molar-refractivity contribution < 1.29 is 0 Å². The van der Waals surface area contributed by atoms with E-state index in [0.717, 1.165) is 24.0 Å². The van der Waals surface area contributed by atoms with E-state index in [4.69, 9.17) is 5.26 Å². The molecule has 0 amide bonds. The van der Waals surface area contributed by atoms with Crippen molar-refractivity contribution in [1.29, 1.82) is 5.26 Å². The Kier molecular flexibility index (Phi) is 2.41. The number of pyridine rings is 1. The first-order valence-corrected chi connectivity index (χ1v) is 5.93. The van der Waals surface area contributed by atoms with Gasteiger partial charge in [0.2, 0.25) is 0 Å². The molecule has 0 spiro atoms. The topological polar surface area (TPSA) is 39.9 Å². The fraction of sp³-hybridized carbons (Fsp3) is 0.286. The van der Waals surface area contributed by atoms with Crippen molar-refractivity contribution in [2.45, 2.75) is 12.8 Å². The lowest BCUT2D eigenvalue weighted by atomic mass is 10.1. The van der Waals surface area contributed by atoms with Crippen molar-refractivity contribution in [2.75, 3.05) is 18.0 Å². The number of aromatic nitrogens is 1. The molecule has 1 aliphatic rings. The summed E-state index contributed by atoms with van der Waals surface area (Å²) in [5, 5.41) is 9.91. The molecule has 3 heteroatoms. The molecule has 1 aromatic carbocycles. The number of nitrogens with zero attached hydrogens (tertiary/aromatic N) is 3. The van der Waals surface area contributed by atoms with Crippen LogP contribution in [0.25, 0.3) is 10.9 Å². The molecule has 0 atom stereocenters. The maximum atomic E-state index is 8.80. The van der Waals surface area contributed by atoms with Crippen LogP contribution < -0.4 is 4.90 Å². The zero-order valence-electron chi connectivity index (χ0n) is 9.56. The van der Waals surface area contributed by atoms with Gasteiger partial charge in [0, 0.05) is 24.2 Å². The molecule has 0 N–H and O–H groups in total. The zero-order chi connectivity index (χ0) is 11.7. The molecule has 84 valence electrons. The van der Waals surface area contributed by atoms with Crippen LogP contribution in [0.1, 0.15) is 18.5 Å². The van der Waals surface area contributed by atoms with Crippen LogP contribution in [0, 0.1) is 11.3 Å². The highest BCUT2D eigenvalue weighted by Gasteiger charge is 2.12. The number of hydrogen-bond donors (Lipinski definition) is 0. The highest BCUT2D eigenvalue weighted by molar-refractivity contribution is 5.83. The summed E-state index contributed by atoms with van der Waals surface area (Å²) in [5.74, 6) is 0. The highest BCUT2D eigenvalue weighted by Crippen LogP contribution is 2.24. The fourth-order valence-electron chi connectivity index (χ4n) is 2.35. The summed E-state index contributed by atoms with van der Waals surface area (Å²) in [7, 11) is 0. The number of benzene rings is 1. The molecule has 0 unspecified atom stereocenters. The lowest BCUT2D eigenvalue weighted by molar-refractivity contribution is 0.949. The molecule has 1 saturated heterocycles. The second kappa shape index (κ2) is 4.06. The summed E-state index contributed by atoms with van der Waals surface area (Å²) in [6.07, 6.45) is 2.56. The van der Waals surface area contributed by atoms with Crippen LogP contribution in [0.2, 0.25) is 0 Å². The number of nitriles is 1. The van der Waals surface area contributed by atoms with Crippen LogP contribution in [0.4, 0.5) is 5.69 Å². The van der Waals surface area contributed by atoms with Crippen molar-refractivity contribution >= 4 is 16.6 Å². The van der Waals surface area contributed by atoms with E-state index in [1.54, 1.807) is 6.07 Å². The third kappa shape index (κ3) is 1.83. The van der Waals surface area contributed by atoms with E-state index in [1.165, 1.54) is 18.5 Å². The van der Waals surface area contributed by atoms with Gasteiger partial charge in [0.1, 0.15) is 11.8 Å². The lowest BCUT2D eigenvalue weighted by Crippen LogP contribution is -2.17. The Morgan fingerprint density at radius 3 is 2.71 bits per heavy atom. The van der Waals surface area contributed by atoms with Gasteiger partial charge in [0.05, 0.1) is 5.52 Å². The molecule has 0 bridgehead atoms. The van der Waals surface area contributed by atoms with Gasteiger partial charge in [-0.1, -0.05) is 0 Å². The molecule has 3 rings (SSSR count). The van der Waals surface area contributed by atoms with Gasteiger partial charge < -0.3 is 4.90 Å². The monoisotopic (exact) mass is 223 g/mol. The Balaban J connectivity index is 2.04. The predicted octanol–water partition coefficient (Wildman–Crippen LogP) is 2.71. The van der Waals surface area contributed by atoms with Crippen LogP contribution >= 0.6 is 0 Å². The molecule has 1 aliphatic heterocycles. The Hall–Kier alpha value is -2.08. The molecule has 2 aromatic rings. The predicted molar refractivity (Wildman–Crippen MR) is 67.9 cm³/mol. The van der Waals surface area contributed by atoms with E-state index >= 15 is 0 Å².